The lowest BCUT2D eigenvalue weighted by Crippen LogP contribution is -2.29. The summed E-state index contributed by atoms with van der Waals surface area (Å²) >= 11 is 11.1. The van der Waals surface area contributed by atoms with Gasteiger partial charge in [0.2, 0.25) is 0 Å². The highest BCUT2D eigenvalue weighted by Crippen LogP contribution is 2.14. The smallest absolute Gasteiger partial charge is 0.170 e. The summed E-state index contributed by atoms with van der Waals surface area (Å²) in [6.45, 7) is 4.49. The van der Waals surface area contributed by atoms with Gasteiger partial charge in [-0.05, 0) is 43.3 Å². The van der Waals surface area contributed by atoms with E-state index in [1.165, 1.54) is 0 Å². The third kappa shape index (κ3) is 6.79. The zero-order chi connectivity index (χ0) is 13.2. The fraction of sp³-hybridized carbons (Fsp3) is 0.462. The van der Waals surface area contributed by atoms with E-state index in [-0.39, 0.29) is 0 Å². The van der Waals surface area contributed by atoms with E-state index in [9.17, 15) is 0 Å². The van der Waals surface area contributed by atoms with Crippen LogP contribution in [0.2, 0.25) is 5.02 Å². The average Bonchev–Trinajstić information content (AvgIpc) is 2.33. The first kappa shape index (κ1) is 15.2. The van der Waals surface area contributed by atoms with Gasteiger partial charge in [-0.3, -0.25) is 0 Å². The molecule has 0 aliphatic carbocycles. The second kappa shape index (κ2) is 9.14. The zero-order valence-electron chi connectivity index (χ0n) is 10.5. The third-order valence-electron chi connectivity index (χ3n) is 2.18. The van der Waals surface area contributed by atoms with Crippen LogP contribution in [-0.2, 0) is 4.74 Å². The Bertz CT molecular complexity index is 374. The largest absolute Gasteiger partial charge is 0.381 e. The Morgan fingerprint density at radius 3 is 2.94 bits per heavy atom. The Labute approximate surface area is 119 Å². The minimum atomic E-state index is 0.604. The van der Waals surface area contributed by atoms with E-state index in [0.717, 1.165) is 38.3 Å². The van der Waals surface area contributed by atoms with Crippen molar-refractivity contribution in [3.05, 3.63) is 29.3 Å². The highest BCUT2D eigenvalue weighted by atomic mass is 35.5. The maximum atomic E-state index is 5.88. The number of hydrogen-bond donors (Lipinski definition) is 2. The normalized spacial score (nSPS) is 10.1. The van der Waals surface area contributed by atoms with Crippen molar-refractivity contribution in [2.45, 2.75) is 19.8 Å². The third-order valence-corrected chi connectivity index (χ3v) is 2.66. The van der Waals surface area contributed by atoms with Gasteiger partial charge in [-0.15, -0.1) is 0 Å². The molecule has 0 fully saturated rings. The fourth-order valence-electron chi connectivity index (χ4n) is 1.36. The molecular weight excluding hydrogens is 268 g/mol. The van der Waals surface area contributed by atoms with Crippen LogP contribution in [0, 0.1) is 0 Å². The quantitative estimate of drug-likeness (QED) is 0.594. The molecule has 1 rings (SSSR count). The van der Waals surface area contributed by atoms with E-state index < -0.39 is 0 Å². The second-order valence-corrected chi connectivity index (χ2v) is 4.70. The molecule has 0 heterocycles. The number of thiocarbonyl (C=S) groups is 1. The van der Waals surface area contributed by atoms with Gasteiger partial charge in [0.05, 0.1) is 0 Å². The van der Waals surface area contributed by atoms with Gasteiger partial charge in [-0.2, -0.15) is 0 Å². The molecule has 3 nitrogen and oxygen atoms in total. The highest BCUT2D eigenvalue weighted by molar-refractivity contribution is 7.80. The Hall–Kier alpha value is -0.840. The number of anilines is 1. The first-order valence-electron chi connectivity index (χ1n) is 6.10. The van der Waals surface area contributed by atoms with Crippen molar-refractivity contribution >= 4 is 34.6 Å². The number of ether oxygens (including phenoxy) is 1. The number of nitrogens with one attached hydrogen (secondary N) is 2. The average molecular weight is 287 g/mol. The van der Waals surface area contributed by atoms with E-state index in [2.05, 4.69) is 17.6 Å². The van der Waals surface area contributed by atoms with Crippen LogP contribution in [0.3, 0.4) is 0 Å². The molecule has 0 unspecified atom stereocenters. The predicted octanol–water partition coefficient (Wildman–Crippen LogP) is 3.44. The summed E-state index contributed by atoms with van der Waals surface area (Å²) in [5.41, 5.74) is 0.891. The first-order valence-corrected chi connectivity index (χ1v) is 6.89. The molecule has 0 aromatic heterocycles. The first-order chi connectivity index (χ1) is 8.72. The van der Waals surface area contributed by atoms with Crippen molar-refractivity contribution in [3.8, 4) is 0 Å². The molecule has 1 aromatic rings. The molecule has 0 saturated carbocycles. The summed E-state index contributed by atoms with van der Waals surface area (Å²) in [5.74, 6) is 0. The molecule has 0 amide bonds. The van der Waals surface area contributed by atoms with Gasteiger partial charge in [-0.1, -0.05) is 24.6 Å². The Morgan fingerprint density at radius 1 is 1.39 bits per heavy atom. The molecule has 100 valence electrons. The number of hydrogen-bond acceptors (Lipinski definition) is 2. The van der Waals surface area contributed by atoms with Crippen molar-refractivity contribution in [1.82, 2.24) is 5.32 Å². The summed E-state index contributed by atoms with van der Waals surface area (Å²) in [6.07, 6.45) is 2.00. The molecule has 0 aliphatic rings. The maximum absolute atomic E-state index is 5.88. The molecule has 0 radical (unpaired) electrons. The van der Waals surface area contributed by atoms with Crippen LogP contribution in [0.4, 0.5) is 5.69 Å². The predicted molar refractivity (Wildman–Crippen MR) is 81.4 cm³/mol. The summed E-state index contributed by atoms with van der Waals surface area (Å²) in [5, 5.41) is 7.50. The molecule has 18 heavy (non-hydrogen) atoms. The monoisotopic (exact) mass is 286 g/mol. The topological polar surface area (TPSA) is 33.3 Å². The summed E-state index contributed by atoms with van der Waals surface area (Å²) < 4.78 is 5.38. The molecule has 0 saturated heterocycles. The SMILES string of the molecule is CCCOCCCNC(=S)Nc1cccc(Cl)c1. The van der Waals surface area contributed by atoms with Crippen molar-refractivity contribution in [2.75, 3.05) is 25.1 Å². The summed E-state index contributed by atoms with van der Waals surface area (Å²) in [7, 11) is 0. The van der Waals surface area contributed by atoms with Crippen LogP contribution >= 0.6 is 23.8 Å². The van der Waals surface area contributed by atoms with Crippen molar-refractivity contribution in [1.29, 1.82) is 0 Å². The molecular formula is C13H19ClN2OS. The van der Waals surface area contributed by atoms with Crippen molar-refractivity contribution in [2.24, 2.45) is 0 Å². The van der Waals surface area contributed by atoms with Gasteiger partial charge in [0.1, 0.15) is 0 Å². The number of rotatable bonds is 7. The second-order valence-electron chi connectivity index (χ2n) is 3.86. The van der Waals surface area contributed by atoms with E-state index in [1.807, 2.05) is 24.3 Å². The lowest BCUT2D eigenvalue weighted by atomic mass is 10.3. The van der Waals surface area contributed by atoms with Crippen LogP contribution in [0.25, 0.3) is 0 Å². The molecule has 0 atom stereocenters. The van der Waals surface area contributed by atoms with E-state index in [1.54, 1.807) is 0 Å². The van der Waals surface area contributed by atoms with E-state index in [4.69, 9.17) is 28.6 Å². The van der Waals surface area contributed by atoms with Gasteiger partial charge < -0.3 is 15.4 Å². The molecule has 2 N–H and O–H groups in total. The molecule has 0 bridgehead atoms. The molecule has 0 spiro atoms. The van der Waals surface area contributed by atoms with Crippen molar-refractivity contribution in [3.63, 3.8) is 0 Å². The molecule has 5 heteroatoms. The van der Waals surface area contributed by atoms with Gasteiger partial charge in [0, 0.05) is 30.5 Å². The summed E-state index contributed by atoms with van der Waals surface area (Å²) in [4.78, 5) is 0. The van der Waals surface area contributed by atoms with Crippen LogP contribution in [0.5, 0.6) is 0 Å². The summed E-state index contributed by atoms with van der Waals surface area (Å²) in [6, 6.07) is 7.46. The van der Waals surface area contributed by atoms with Crippen LogP contribution in [0.15, 0.2) is 24.3 Å². The zero-order valence-corrected chi connectivity index (χ0v) is 12.1. The number of halogens is 1. The minimum absolute atomic E-state index is 0.604. The van der Waals surface area contributed by atoms with Crippen LogP contribution in [0.1, 0.15) is 19.8 Å². The molecule has 1 aromatic carbocycles. The van der Waals surface area contributed by atoms with Crippen LogP contribution in [-0.4, -0.2) is 24.9 Å². The van der Waals surface area contributed by atoms with E-state index >= 15 is 0 Å². The number of benzene rings is 1. The lowest BCUT2D eigenvalue weighted by Gasteiger charge is -2.10. The lowest BCUT2D eigenvalue weighted by molar-refractivity contribution is 0.133. The highest BCUT2D eigenvalue weighted by Gasteiger charge is 1.97. The standard InChI is InChI=1S/C13H19ClN2OS/c1-2-8-17-9-4-7-15-13(18)16-12-6-3-5-11(14)10-12/h3,5-6,10H,2,4,7-9H2,1H3,(H2,15,16,18). The van der Waals surface area contributed by atoms with Gasteiger partial charge in [-0.25, -0.2) is 0 Å². The van der Waals surface area contributed by atoms with Crippen molar-refractivity contribution < 1.29 is 4.74 Å². The van der Waals surface area contributed by atoms with Crippen LogP contribution < -0.4 is 10.6 Å². The Balaban J connectivity index is 2.14. The van der Waals surface area contributed by atoms with Gasteiger partial charge in [0.25, 0.3) is 0 Å². The van der Waals surface area contributed by atoms with Gasteiger partial charge >= 0.3 is 0 Å². The van der Waals surface area contributed by atoms with Gasteiger partial charge in [0.15, 0.2) is 5.11 Å². The van der Waals surface area contributed by atoms with E-state index in [0.29, 0.717) is 10.1 Å². The minimum Gasteiger partial charge on any atom is -0.381 e. The Morgan fingerprint density at radius 2 is 2.22 bits per heavy atom. The maximum Gasteiger partial charge on any atom is 0.170 e. The molecule has 0 aliphatic heterocycles. The Kier molecular flexibility index (Phi) is 7.73. The fourth-order valence-corrected chi connectivity index (χ4v) is 1.77.